The van der Waals surface area contributed by atoms with E-state index < -0.39 is 27.4 Å². The molecule has 2 N–H and O–H groups in total. The maximum absolute atomic E-state index is 12.4. The number of carbonyl (C=O) groups excluding carboxylic acids is 1. The molecule has 1 unspecified atom stereocenters. The standard InChI is InChI=1S/C16H22N2O5S/c1-16(2,3)17-24(22,23)13-6-4-11(5-7-13)14(19)18-9-8-12(10-18)15(20)21/h4-7,12,17H,8-10H2,1-3H3,(H,20,21). The lowest BCUT2D eigenvalue weighted by Crippen LogP contribution is -2.40. The molecule has 1 aromatic carbocycles. The highest BCUT2D eigenvalue weighted by molar-refractivity contribution is 7.89. The molecule has 7 nitrogen and oxygen atoms in total. The number of carboxylic acids is 1. The number of hydrogen-bond acceptors (Lipinski definition) is 4. The van der Waals surface area contributed by atoms with Crippen LogP contribution in [-0.2, 0) is 14.8 Å². The number of amides is 1. The maximum atomic E-state index is 12.4. The molecule has 0 spiro atoms. The average molecular weight is 354 g/mol. The van der Waals surface area contributed by atoms with Gasteiger partial charge in [0.25, 0.3) is 5.91 Å². The second-order valence-electron chi connectivity index (χ2n) is 6.95. The monoisotopic (exact) mass is 354 g/mol. The van der Waals surface area contributed by atoms with E-state index in [9.17, 15) is 18.0 Å². The Balaban J connectivity index is 2.12. The van der Waals surface area contributed by atoms with Crippen LogP contribution in [0.4, 0.5) is 0 Å². The van der Waals surface area contributed by atoms with Crippen molar-refractivity contribution in [3.05, 3.63) is 29.8 Å². The van der Waals surface area contributed by atoms with Crippen LogP contribution in [0.3, 0.4) is 0 Å². The minimum Gasteiger partial charge on any atom is -0.481 e. The number of hydrogen-bond donors (Lipinski definition) is 2. The number of carbonyl (C=O) groups is 2. The molecular weight excluding hydrogens is 332 g/mol. The summed E-state index contributed by atoms with van der Waals surface area (Å²) in [5, 5.41) is 8.99. The number of nitrogens with zero attached hydrogens (tertiary/aromatic N) is 1. The van der Waals surface area contributed by atoms with Gasteiger partial charge in [0.1, 0.15) is 0 Å². The van der Waals surface area contributed by atoms with Crippen molar-refractivity contribution >= 4 is 21.9 Å². The van der Waals surface area contributed by atoms with Gasteiger partial charge in [-0.05, 0) is 51.5 Å². The number of benzene rings is 1. The van der Waals surface area contributed by atoms with Gasteiger partial charge in [0.15, 0.2) is 0 Å². The first-order valence-corrected chi connectivity index (χ1v) is 9.14. The van der Waals surface area contributed by atoms with Crippen molar-refractivity contribution < 1.29 is 23.1 Å². The van der Waals surface area contributed by atoms with E-state index in [0.717, 1.165) is 0 Å². The van der Waals surface area contributed by atoms with Gasteiger partial charge in [0, 0.05) is 24.2 Å². The Morgan fingerprint density at radius 1 is 1.21 bits per heavy atom. The Morgan fingerprint density at radius 2 is 1.79 bits per heavy atom. The van der Waals surface area contributed by atoms with Gasteiger partial charge in [-0.1, -0.05) is 0 Å². The van der Waals surface area contributed by atoms with E-state index in [2.05, 4.69) is 4.72 Å². The molecule has 1 aliphatic heterocycles. The minimum atomic E-state index is -3.65. The highest BCUT2D eigenvalue weighted by Gasteiger charge is 2.31. The molecule has 1 amide bonds. The smallest absolute Gasteiger partial charge is 0.308 e. The fraction of sp³-hybridized carbons (Fsp3) is 0.500. The molecule has 0 aliphatic carbocycles. The molecule has 0 saturated carbocycles. The van der Waals surface area contributed by atoms with E-state index in [4.69, 9.17) is 5.11 Å². The maximum Gasteiger partial charge on any atom is 0.308 e. The minimum absolute atomic E-state index is 0.0822. The number of rotatable bonds is 4. The summed E-state index contributed by atoms with van der Waals surface area (Å²) in [5.74, 6) is -1.73. The van der Waals surface area contributed by atoms with E-state index >= 15 is 0 Å². The van der Waals surface area contributed by atoms with Crippen LogP contribution < -0.4 is 4.72 Å². The van der Waals surface area contributed by atoms with Gasteiger partial charge in [-0.3, -0.25) is 9.59 Å². The predicted octanol–water partition coefficient (Wildman–Crippen LogP) is 1.31. The third-order valence-electron chi connectivity index (χ3n) is 3.68. The normalized spacial score (nSPS) is 18.6. The third kappa shape index (κ3) is 4.33. The first-order valence-electron chi connectivity index (χ1n) is 7.66. The largest absolute Gasteiger partial charge is 0.481 e. The summed E-state index contributed by atoms with van der Waals surface area (Å²) < 4.78 is 27.0. The van der Waals surface area contributed by atoms with Crippen LogP contribution in [0.1, 0.15) is 37.6 Å². The summed E-state index contributed by atoms with van der Waals surface area (Å²) in [6, 6.07) is 5.67. The lowest BCUT2D eigenvalue weighted by molar-refractivity contribution is -0.141. The Hall–Kier alpha value is -1.93. The lowest BCUT2D eigenvalue weighted by Gasteiger charge is -2.20. The summed E-state index contributed by atoms with van der Waals surface area (Å²) in [5.41, 5.74) is -0.259. The number of nitrogens with one attached hydrogen (secondary N) is 1. The van der Waals surface area contributed by atoms with Crippen molar-refractivity contribution in [2.45, 2.75) is 37.6 Å². The summed E-state index contributed by atoms with van der Waals surface area (Å²) in [7, 11) is -3.65. The van der Waals surface area contributed by atoms with Gasteiger partial charge in [0.2, 0.25) is 10.0 Å². The van der Waals surface area contributed by atoms with Gasteiger partial charge in [-0.25, -0.2) is 13.1 Å². The van der Waals surface area contributed by atoms with Crippen molar-refractivity contribution in [1.29, 1.82) is 0 Å². The Bertz CT molecular complexity index is 735. The molecule has 1 atom stereocenters. The van der Waals surface area contributed by atoms with Crippen LogP contribution in [0.5, 0.6) is 0 Å². The number of sulfonamides is 1. The first-order chi connectivity index (χ1) is 11.0. The van der Waals surface area contributed by atoms with Gasteiger partial charge >= 0.3 is 5.97 Å². The molecule has 0 aromatic heterocycles. The highest BCUT2D eigenvalue weighted by Crippen LogP contribution is 2.20. The number of likely N-dealkylation sites (tertiary alicyclic amines) is 1. The van der Waals surface area contributed by atoms with Gasteiger partial charge in [-0.15, -0.1) is 0 Å². The molecule has 0 radical (unpaired) electrons. The van der Waals surface area contributed by atoms with E-state index in [1.165, 1.54) is 29.2 Å². The van der Waals surface area contributed by atoms with Crippen LogP contribution in [0.15, 0.2) is 29.2 Å². The molecule has 2 rings (SSSR count). The summed E-state index contributed by atoms with van der Waals surface area (Å²) in [4.78, 5) is 24.9. The first kappa shape index (κ1) is 18.4. The number of aliphatic carboxylic acids is 1. The molecular formula is C16H22N2O5S. The van der Waals surface area contributed by atoms with Crippen molar-refractivity contribution in [3.63, 3.8) is 0 Å². The van der Waals surface area contributed by atoms with E-state index in [1.807, 2.05) is 0 Å². The summed E-state index contributed by atoms with van der Waals surface area (Å²) >= 11 is 0. The lowest BCUT2D eigenvalue weighted by atomic mass is 10.1. The topological polar surface area (TPSA) is 104 Å². The predicted molar refractivity (Wildman–Crippen MR) is 88.2 cm³/mol. The van der Waals surface area contributed by atoms with E-state index in [0.29, 0.717) is 18.5 Å². The Labute approximate surface area is 141 Å². The fourth-order valence-electron chi connectivity index (χ4n) is 2.57. The van der Waals surface area contributed by atoms with E-state index in [1.54, 1.807) is 20.8 Å². The summed E-state index contributed by atoms with van der Waals surface area (Å²) in [6.07, 6.45) is 0.434. The molecule has 1 aliphatic rings. The second kappa shape index (κ2) is 6.52. The molecule has 1 fully saturated rings. The fourth-order valence-corrected chi connectivity index (χ4v) is 3.99. The molecule has 0 bridgehead atoms. The van der Waals surface area contributed by atoms with Crippen molar-refractivity contribution in [2.75, 3.05) is 13.1 Å². The highest BCUT2D eigenvalue weighted by atomic mass is 32.2. The summed E-state index contributed by atoms with van der Waals surface area (Å²) in [6.45, 7) is 5.80. The quantitative estimate of drug-likeness (QED) is 0.848. The van der Waals surface area contributed by atoms with Gasteiger partial charge in [-0.2, -0.15) is 0 Å². The average Bonchev–Trinajstić information content (AvgIpc) is 2.94. The van der Waals surface area contributed by atoms with Crippen LogP contribution in [-0.4, -0.2) is 48.9 Å². The van der Waals surface area contributed by atoms with Gasteiger partial charge in [0.05, 0.1) is 10.8 Å². The van der Waals surface area contributed by atoms with Crippen LogP contribution >= 0.6 is 0 Å². The van der Waals surface area contributed by atoms with Crippen LogP contribution in [0.2, 0.25) is 0 Å². The molecule has 1 heterocycles. The third-order valence-corrected chi connectivity index (χ3v) is 5.45. The molecule has 1 aromatic rings. The Kier molecular flexibility index (Phi) is 5.00. The molecule has 24 heavy (non-hydrogen) atoms. The van der Waals surface area contributed by atoms with Crippen molar-refractivity contribution in [3.8, 4) is 0 Å². The molecule has 132 valence electrons. The van der Waals surface area contributed by atoms with E-state index in [-0.39, 0.29) is 17.3 Å². The van der Waals surface area contributed by atoms with Crippen LogP contribution in [0.25, 0.3) is 0 Å². The second-order valence-corrected chi connectivity index (χ2v) is 8.64. The molecule has 1 saturated heterocycles. The zero-order valence-electron chi connectivity index (χ0n) is 13.9. The van der Waals surface area contributed by atoms with Crippen molar-refractivity contribution in [1.82, 2.24) is 9.62 Å². The van der Waals surface area contributed by atoms with Gasteiger partial charge < -0.3 is 10.0 Å². The zero-order valence-corrected chi connectivity index (χ0v) is 14.8. The molecule has 8 heteroatoms. The van der Waals surface area contributed by atoms with Crippen molar-refractivity contribution in [2.24, 2.45) is 5.92 Å². The number of carboxylic acid groups (broad SMARTS) is 1. The zero-order chi connectivity index (χ0) is 18.1. The SMILES string of the molecule is CC(C)(C)NS(=O)(=O)c1ccc(C(=O)N2CCC(C(=O)O)C2)cc1. The Morgan fingerprint density at radius 3 is 2.25 bits per heavy atom. The van der Waals surface area contributed by atoms with Crippen LogP contribution in [0, 0.1) is 5.92 Å².